The Kier molecular flexibility index (Phi) is 4.52. The molecule has 0 radical (unpaired) electrons. The maximum atomic E-state index is 8.67. The zero-order chi connectivity index (χ0) is 14.5. The van der Waals surface area contributed by atoms with Crippen LogP contribution in [0.2, 0.25) is 0 Å². The molecule has 0 spiro atoms. The Morgan fingerprint density at radius 1 is 1.45 bits per heavy atom. The van der Waals surface area contributed by atoms with Gasteiger partial charge in [0.1, 0.15) is 5.69 Å². The normalized spacial score (nSPS) is 11.4. The fourth-order valence-corrected chi connectivity index (χ4v) is 2.15. The van der Waals surface area contributed by atoms with E-state index in [1.165, 1.54) is 0 Å². The molecular weight excluding hydrogens is 322 g/mol. The molecule has 3 N–H and O–H groups in total. The van der Waals surface area contributed by atoms with Crippen molar-refractivity contribution in [3.63, 3.8) is 0 Å². The van der Waals surface area contributed by atoms with Gasteiger partial charge in [-0.1, -0.05) is 33.2 Å². The standard InChI is InChI=1S/C13H14BrN5O/c1-19(8-9-3-2-4-10(14)7-9)13-16-6-5-11(17-13)12(15)18-20/h2-7,20H,8H2,1H3,(H2,15,18). The second kappa shape index (κ2) is 6.33. The lowest BCUT2D eigenvalue weighted by Crippen LogP contribution is -2.22. The monoisotopic (exact) mass is 335 g/mol. The summed E-state index contributed by atoms with van der Waals surface area (Å²) in [6.07, 6.45) is 1.58. The summed E-state index contributed by atoms with van der Waals surface area (Å²) in [4.78, 5) is 10.3. The van der Waals surface area contributed by atoms with Gasteiger partial charge in [-0.2, -0.15) is 0 Å². The lowest BCUT2D eigenvalue weighted by Gasteiger charge is -2.17. The van der Waals surface area contributed by atoms with E-state index in [1.54, 1.807) is 12.3 Å². The van der Waals surface area contributed by atoms with Crippen LogP contribution in [0.4, 0.5) is 5.95 Å². The Morgan fingerprint density at radius 3 is 2.95 bits per heavy atom. The molecule has 0 atom stereocenters. The first-order chi connectivity index (χ1) is 9.60. The van der Waals surface area contributed by atoms with Crippen LogP contribution >= 0.6 is 15.9 Å². The van der Waals surface area contributed by atoms with E-state index < -0.39 is 0 Å². The zero-order valence-corrected chi connectivity index (χ0v) is 12.4. The molecule has 0 aliphatic rings. The van der Waals surface area contributed by atoms with Gasteiger partial charge in [-0.15, -0.1) is 0 Å². The Balaban J connectivity index is 2.19. The van der Waals surface area contributed by atoms with E-state index in [4.69, 9.17) is 10.9 Å². The van der Waals surface area contributed by atoms with Gasteiger partial charge in [0, 0.05) is 24.3 Å². The number of anilines is 1. The van der Waals surface area contributed by atoms with Crippen molar-refractivity contribution < 1.29 is 5.21 Å². The topological polar surface area (TPSA) is 87.6 Å². The molecule has 1 aromatic heterocycles. The Labute approximate surface area is 125 Å². The summed E-state index contributed by atoms with van der Waals surface area (Å²) < 4.78 is 1.02. The molecule has 6 nitrogen and oxygen atoms in total. The van der Waals surface area contributed by atoms with Crippen molar-refractivity contribution in [3.8, 4) is 0 Å². The van der Waals surface area contributed by atoms with Crippen LogP contribution in [-0.4, -0.2) is 28.1 Å². The maximum Gasteiger partial charge on any atom is 0.226 e. The molecule has 104 valence electrons. The second-order valence-electron chi connectivity index (χ2n) is 4.21. The van der Waals surface area contributed by atoms with Crippen molar-refractivity contribution >= 4 is 27.7 Å². The average molecular weight is 336 g/mol. The van der Waals surface area contributed by atoms with Crippen LogP contribution < -0.4 is 10.6 Å². The van der Waals surface area contributed by atoms with Gasteiger partial charge in [0.05, 0.1) is 0 Å². The molecule has 20 heavy (non-hydrogen) atoms. The van der Waals surface area contributed by atoms with Gasteiger partial charge in [0.2, 0.25) is 5.95 Å². The van der Waals surface area contributed by atoms with E-state index in [0.717, 1.165) is 10.0 Å². The van der Waals surface area contributed by atoms with Crippen LogP contribution in [0.5, 0.6) is 0 Å². The maximum absolute atomic E-state index is 8.67. The molecule has 1 aromatic carbocycles. The number of rotatable bonds is 4. The van der Waals surface area contributed by atoms with Crippen molar-refractivity contribution in [3.05, 3.63) is 52.3 Å². The summed E-state index contributed by atoms with van der Waals surface area (Å²) in [6, 6.07) is 9.59. The third-order valence-corrected chi connectivity index (χ3v) is 3.16. The van der Waals surface area contributed by atoms with Gasteiger partial charge in [0.15, 0.2) is 5.84 Å². The Bertz CT molecular complexity index is 632. The van der Waals surface area contributed by atoms with Crippen LogP contribution in [0, 0.1) is 0 Å². The average Bonchev–Trinajstić information content (AvgIpc) is 2.46. The van der Waals surface area contributed by atoms with Crippen LogP contribution in [0.15, 0.2) is 46.2 Å². The number of oxime groups is 1. The first-order valence-corrected chi connectivity index (χ1v) is 6.66. The van der Waals surface area contributed by atoms with Gasteiger partial charge < -0.3 is 15.8 Å². The van der Waals surface area contributed by atoms with Crippen LogP contribution in [-0.2, 0) is 6.54 Å². The van der Waals surface area contributed by atoms with Crippen molar-refractivity contribution in [1.29, 1.82) is 0 Å². The van der Waals surface area contributed by atoms with Crippen LogP contribution in [0.25, 0.3) is 0 Å². The third-order valence-electron chi connectivity index (χ3n) is 2.66. The summed E-state index contributed by atoms with van der Waals surface area (Å²) in [5, 5.41) is 11.6. The van der Waals surface area contributed by atoms with Gasteiger partial charge in [-0.25, -0.2) is 9.97 Å². The Morgan fingerprint density at radius 2 is 2.25 bits per heavy atom. The summed E-state index contributed by atoms with van der Waals surface area (Å²) in [7, 11) is 1.88. The second-order valence-corrected chi connectivity index (χ2v) is 5.13. The number of nitrogens with two attached hydrogens (primary N) is 1. The van der Waals surface area contributed by atoms with E-state index in [0.29, 0.717) is 18.2 Å². The molecule has 0 fully saturated rings. The molecule has 2 rings (SSSR count). The van der Waals surface area contributed by atoms with E-state index in [9.17, 15) is 0 Å². The van der Waals surface area contributed by atoms with Gasteiger partial charge in [0.25, 0.3) is 0 Å². The van der Waals surface area contributed by atoms with Crippen LogP contribution in [0.1, 0.15) is 11.3 Å². The number of halogens is 1. The minimum absolute atomic E-state index is 0.0375. The molecule has 0 amide bonds. The van der Waals surface area contributed by atoms with Crippen molar-refractivity contribution in [2.75, 3.05) is 11.9 Å². The number of hydrogen-bond donors (Lipinski definition) is 2. The van der Waals surface area contributed by atoms with E-state index in [2.05, 4.69) is 31.1 Å². The predicted molar refractivity (Wildman–Crippen MR) is 80.8 cm³/mol. The van der Waals surface area contributed by atoms with Crippen LogP contribution in [0.3, 0.4) is 0 Å². The zero-order valence-electron chi connectivity index (χ0n) is 10.9. The molecule has 0 unspecified atom stereocenters. The first kappa shape index (κ1) is 14.3. The SMILES string of the molecule is CN(Cc1cccc(Br)c1)c1nccc(/C(N)=N/O)n1. The molecule has 0 bridgehead atoms. The Hall–Kier alpha value is -2.15. The molecule has 0 aliphatic heterocycles. The van der Waals surface area contributed by atoms with Gasteiger partial charge in [-0.05, 0) is 23.8 Å². The van der Waals surface area contributed by atoms with Crippen molar-refractivity contribution in [1.82, 2.24) is 9.97 Å². The minimum atomic E-state index is -0.0375. The van der Waals surface area contributed by atoms with Gasteiger partial charge >= 0.3 is 0 Å². The molecule has 0 aliphatic carbocycles. The van der Waals surface area contributed by atoms with Gasteiger partial charge in [-0.3, -0.25) is 0 Å². The summed E-state index contributed by atoms with van der Waals surface area (Å²) >= 11 is 3.44. The highest BCUT2D eigenvalue weighted by atomic mass is 79.9. The number of amidine groups is 1. The molecule has 2 aromatic rings. The number of benzene rings is 1. The molecule has 1 heterocycles. The highest BCUT2D eigenvalue weighted by Crippen LogP contribution is 2.15. The lowest BCUT2D eigenvalue weighted by molar-refractivity contribution is 0.318. The predicted octanol–water partition coefficient (Wildman–Crippen LogP) is 1.97. The molecule has 7 heteroatoms. The number of hydrogen-bond acceptors (Lipinski definition) is 5. The first-order valence-electron chi connectivity index (χ1n) is 5.86. The van der Waals surface area contributed by atoms with E-state index in [1.807, 2.05) is 36.2 Å². The highest BCUT2D eigenvalue weighted by molar-refractivity contribution is 9.10. The summed E-state index contributed by atoms with van der Waals surface area (Å²) in [6.45, 7) is 0.652. The van der Waals surface area contributed by atoms with Crippen molar-refractivity contribution in [2.45, 2.75) is 6.54 Å². The molecule has 0 saturated carbocycles. The highest BCUT2D eigenvalue weighted by Gasteiger charge is 2.08. The minimum Gasteiger partial charge on any atom is -0.409 e. The number of aromatic nitrogens is 2. The third kappa shape index (κ3) is 3.45. The summed E-state index contributed by atoms with van der Waals surface area (Å²) in [5.41, 5.74) is 7.03. The smallest absolute Gasteiger partial charge is 0.226 e. The summed E-state index contributed by atoms with van der Waals surface area (Å²) in [5.74, 6) is 0.471. The van der Waals surface area contributed by atoms with Crippen molar-refractivity contribution in [2.24, 2.45) is 10.9 Å². The molecular formula is C13H14BrN5O. The van der Waals surface area contributed by atoms with E-state index >= 15 is 0 Å². The quantitative estimate of drug-likeness (QED) is 0.386. The largest absolute Gasteiger partial charge is 0.409 e. The van der Waals surface area contributed by atoms with E-state index in [-0.39, 0.29) is 5.84 Å². The fourth-order valence-electron chi connectivity index (χ4n) is 1.71. The number of nitrogens with zero attached hydrogens (tertiary/aromatic N) is 4. The fraction of sp³-hybridized carbons (Fsp3) is 0.154. The lowest BCUT2D eigenvalue weighted by atomic mass is 10.2. The molecule has 0 saturated heterocycles.